The van der Waals surface area contributed by atoms with E-state index < -0.39 is 12.6 Å². The van der Waals surface area contributed by atoms with Gasteiger partial charge < -0.3 is 4.90 Å². The molecule has 0 spiro atoms. The molecule has 0 bridgehead atoms. The summed E-state index contributed by atoms with van der Waals surface area (Å²) >= 11 is 0. The third kappa shape index (κ3) is 4.66. The molecule has 112 valence electrons. The van der Waals surface area contributed by atoms with Crippen molar-refractivity contribution < 1.29 is 13.2 Å². The zero-order chi connectivity index (χ0) is 14.0. The molecule has 2 fully saturated rings. The molecule has 0 N–H and O–H groups in total. The quantitative estimate of drug-likeness (QED) is 0.723. The number of nitrogens with zero attached hydrogens (tertiary/aromatic N) is 1. The highest BCUT2D eigenvalue weighted by atomic mass is 19.4. The van der Waals surface area contributed by atoms with Crippen molar-refractivity contribution in [2.45, 2.75) is 52.1 Å². The Morgan fingerprint density at radius 2 is 1.68 bits per heavy atom. The van der Waals surface area contributed by atoms with Gasteiger partial charge >= 0.3 is 6.18 Å². The predicted molar refractivity (Wildman–Crippen MR) is 70.9 cm³/mol. The minimum Gasteiger partial charge on any atom is -0.303 e. The second kappa shape index (κ2) is 6.02. The Hall–Kier alpha value is -0.250. The van der Waals surface area contributed by atoms with Gasteiger partial charge in [-0.25, -0.2) is 0 Å². The fraction of sp³-hybridized carbons (Fsp3) is 1.00. The summed E-state index contributed by atoms with van der Waals surface area (Å²) in [5, 5.41) is 0. The van der Waals surface area contributed by atoms with Crippen LogP contribution in [0.1, 0.15) is 46.0 Å². The maximum Gasteiger partial charge on any atom is 0.389 e. The van der Waals surface area contributed by atoms with Crippen LogP contribution in [0.2, 0.25) is 0 Å². The van der Waals surface area contributed by atoms with Crippen molar-refractivity contribution in [1.82, 2.24) is 4.90 Å². The van der Waals surface area contributed by atoms with Crippen molar-refractivity contribution in [3.63, 3.8) is 0 Å². The van der Waals surface area contributed by atoms with Crippen LogP contribution >= 0.6 is 0 Å². The second-order valence-electron chi connectivity index (χ2n) is 6.97. The molecule has 3 atom stereocenters. The molecule has 1 aliphatic carbocycles. The van der Waals surface area contributed by atoms with Crippen LogP contribution < -0.4 is 0 Å². The summed E-state index contributed by atoms with van der Waals surface area (Å²) in [7, 11) is 0. The van der Waals surface area contributed by atoms with E-state index in [0.717, 1.165) is 36.8 Å². The van der Waals surface area contributed by atoms with E-state index >= 15 is 0 Å². The molecular weight excluding hydrogens is 251 g/mol. The molecule has 0 amide bonds. The highest BCUT2D eigenvalue weighted by Gasteiger charge is 2.40. The molecule has 1 saturated carbocycles. The van der Waals surface area contributed by atoms with Gasteiger partial charge in [-0.05, 0) is 55.9 Å². The van der Waals surface area contributed by atoms with E-state index in [0.29, 0.717) is 6.54 Å². The van der Waals surface area contributed by atoms with Gasteiger partial charge in [0.2, 0.25) is 0 Å². The van der Waals surface area contributed by atoms with Crippen LogP contribution in [-0.2, 0) is 0 Å². The maximum atomic E-state index is 12.1. The average Bonchev–Trinajstić information content (AvgIpc) is 2.71. The normalized spacial score (nSPS) is 32.2. The Morgan fingerprint density at radius 3 is 2.16 bits per heavy atom. The van der Waals surface area contributed by atoms with Gasteiger partial charge in [-0.1, -0.05) is 13.8 Å². The molecule has 2 rings (SSSR count). The van der Waals surface area contributed by atoms with Crippen molar-refractivity contribution in [3.05, 3.63) is 0 Å². The van der Waals surface area contributed by atoms with Crippen molar-refractivity contribution in [3.8, 4) is 0 Å². The van der Waals surface area contributed by atoms with Gasteiger partial charge in [0.05, 0.1) is 0 Å². The average molecular weight is 277 g/mol. The van der Waals surface area contributed by atoms with Gasteiger partial charge in [-0.15, -0.1) is 0 Å². The van der Waals surface area contributed by atoms with E-state index in [1.807, 2.05) is 0 Å². The van der Waals surface area contributed by atoms with E-state index in [-0.39, 0.29) is 6.42 Å². The van der Waals surface area contributed by atoms with Crippen LogP contribution in [0.5, 0.6) is 0 Å². The lowest BCUT2D eigenvalue weighted by Crippen LogP contribution is -2.25. The number of hydrogen-bond acceptors (Lipinski definition) is 1. The standard InChI is InChI=1S/C15H26F3N/c1-11(2)6-12-7-13-9-19(10-14(13)8-12)5-3-4-15(16,17)18/h11-14H,3-10H2,1-2H3/t12?,13-,14+. The highest BCUT2D eigenvalue weighted by molar-refractivity contribution is 4.92. The number of likely N-dealkylation sites (tertiary alicyclic amines) is 1. The Morgan fingerprint density at radius 1 is 1.11 bits per heavy atom. The third-order valence-electron chi connectivity index (χ3n) is 4.66. The van der Waals surface area contributed by atoms with E-state index in [1.165, 1.54) is 19.3 Å². The molecule has 1 heterocycles. The van der Waals surface area contributed by atoms with Gasteiger partial charge in [0.1, 0.15) is 0 Å². The van der Waals surface area contributed by atoms with Crippen molar-refractivity contribution >= 4 is 0 Å². The number of hydrogen-bond donors (Lipinski definition) is 0. The molecule has 0 aromatic heterocycles. The lowest BCUT2D eigenvalue weighted by molar-refractivity contribution is -0.136. The van der Waals surface area contributed by atoms with Crippen LogP contribution in [0, 0.1) is 23.7 Å². The number of fused-ring (bicyclic) bond motifs is 1. The summed E-state index contributed by atoms with van der Waals surface area (Å²) in [6.45, 7) is 7.25. The number of rotatable bonds is 5. The van der Waals surface area contributed by atoms with Gasteiger partial charge in [0.25, 0.3) is 0 Å². The van der Waals surface area contributed by atoms with Crippen LogP contribution in [0.15, 0.2) is 0 Å². The van der Waals surface area contributed by atoms with E-state index in [9.17, 15) is 13.2 Å². The van der Waals surface area contributed by atoms with Gasteiger partial charge in [-0.3, -0.25) is 0 Å². The fourth-order valence-corrected chi connectivity index (χ4v) is 4.07. The predicted octanol–water partition coefficient (Wildman–Crippen LogP) is 4.33. The van der Waals surface area contributed by atoms with E-state index in [2.05, 4.69) is 18.7 Å². The summed E-state index contributed by atoms with van der Waals surface area (Å²) in [5.41, 5.74) is 0. The molecule has 0 aromatic rings. The highest BCUT2D eigenvalue weighted by Crippen LogP contribution is 2.43. The SMILES string of the molecule is CC(C)CC1C[C@@H]2CN(CCCC(F)(F)F)C[C@@H]2C1. The number of alkyl halides is 3. The summed E-state index contributed by atoms with van der Waals surface area (Å²) < 4.78 is 36.3. The van der Waals surface area contributed by atoms with Crippen LogP contribution in [-0.4, -0.2) is 30.7 Å². The summed E-state index contributed by atoms with van der Waals surface area (Å²) in [6, 6.07) is 0. The van der Waals surface area contributed by atoms with Gasteiger partial charge in [0.15, 0.2) is 0 Å². The minimum absolute atomic E-state index is 0.262. The monoisotopic (exact) mass is 277 g/mol. The molecule has 1 aliphatic heterocycles. The maximum absolute atomic E-state index is 12.1. The van der Waals surface area contributed by atoms with Crippen LogP contribution in [0.25, 0.3) is 0 Å². The fourth-order valence-electron chi connectivity index (χ4n) is 4.07. The largest absolute Gasteiger partial charge is 0.389 e. The lowest BCUT2D eigenvalue weighted by Gasteiger charge is -2.19. The molecular formula is C15H26F3N. The third-order valence-corrected chi connectivity index (χ3v) is 4.66. The minimum atomic E-state index is -3.99. The Kier molecular flexibility index (Phi) is 4.80. The summed E-state index contributed by atoms with van der Waals surface area (Å²) in [4.78, 5) is 2.26. The zero-order valence-electron chi connectivity index (χ0n) is 12.0. The van der Waals surface area contributed by atoms with E-state index in [1.54, 1.807) is 0 Å². The van der Waals surface area contributed by atoms with Gasteiger partial charge in [-0.2, -0.15) is 13.2 Å². The van der Waals surface area contributed by atoms with Crippen LogP contribution in [0.4, 0.5) is 13.2 Å². The Balaban J connectivity index is 1.67. The van der Waals surface area contributed by atoms with Gasteiger partial charge in [0, 0.05) is 19.5 Å². The molecule has 0 radical (unpaired) electrons. The molecule has 1 unspecified atom stereocenters. The molecule has 0 aromatic carbocycles. The van der Waals surface area contributed by atoms with Crippen LogP contribution in [0.3, 0.4) is 0 Å². The first-order valence-corrected chi connectivity index (χ1v) is 7.62. The first-order chi connectivity index (χ1) is 8.83. The zero-order valence-corrected chi connectivity index (χ0v) is 12.0. The summed E-state index contributed by atoms with van der Waals surface area (Å²) in [6.07, 6.45) is -0.427. The van der Waals surface area contributed by atoms with Crippen molar-refractivity contribution in [2.24, 2.45) is 23.7 Å². The Labute approximate surface area is 114 Å². The Bertz CT molecular complexity index is 274. The lowest BCUT2D eigenvalue weighted by atomic mass is 9.94. The van der Waals surface area contributed by atoms with Crippen molar-refractivity contribution in [2.75, 3.05) is 19.6 Å². The topological polar surface area (TPSA) is 3.24 Å². The molecule has 1 nitrogen and oxygen atoms in total. The number of halogens is 3. The van der Waals surface area contributed by atoms with Crippen molar-refractivity contribution in [1.29, 1.82) is 0 Å². The molecule has 19 heavy (non-hydrogen) atoms. The smallest absolute Gasteiger partial charge is 0.303 e. The second-order valence-corrected chi connectivity index (χ2v) is 6.97. The first kappa shape index (κ1) is 15.1. The first-order valence-electron chi connectivity index (χ1n) is 7.62. The molecule has 4 heteroatoms. The molecule has 2 aliphatic rings. The molecule has 1 saturated heterocycles. The summed E-state index contributed by atoms with van der Waals surface area (Å²) in [5.74, 6) is 3.16. The van der Waals surface area contributed by atoms with E-state index in [4.69, 9.17) is 0 Å².